The number of nitrogens with zero attached hydrogens (tertiary/aromatic N) is 1. The average Bonchev–Trinajstić information content (AvgIpc) is 3.14. The zero-order chi connectivity index (χ0) is 22.5. The highest BCUT2D eigenvalue weighted by atomic mass is 19.1. The first-order valence-corrected chi connectivity index (χ1v) is 12.0. The van der Waals surface area contributed by atoms with Crippen LogP contribution in [0.15, 0.2) is 42.7 Å². The molecule has 3 aliphatic carbocycles. The summed E-state index contributed by atoms with van der Waals surface area (Å²) in [6.07, 6.45) is 11.1. The lowest BCUT2D eigenvalue weighted by Crippen LogP contribution is -2.40. The summed E-state index contributed by atoms with van der Waals surface area (Å²) in [7, 11) is 0. The Labute approximate surface area is 190 Å². The molecule has 1 fully saturated rings. The third-order valence-corrected chi connectivity index (χ3v) is 8.35. The maximum atomic E-state index is 13.9. The monoisotopic (exact) mass is 435 g/mol. The fraction of sp³-hybridized carbons (Fsp3) is 0.536. The molecule has 1 saturated carbocycles. The van der Waals surface area contributed by atoms with Crippen LogP contribution in [0.1, 0.15) is 69.1 Å². The van der Waals surface area contributed by atoms with E-state index in [9.17, 15) is 9.50 Å². The number of aliphatic hydroxyl groups excluding tert-OH is 1. The van der Waals surface area contributed by atoms with Gasteiger partial charge in [-0.3, -0.25) is 4.98 Å². The smallest absolute Gasteiger partial charge is 0.142 e. The van der Waals surface area contributed by atoms with Crippen LogP contribution in [0.2, 0.25) is 0 Å². The van der Waals surface area contributed by atoms with Crippen molar-refractivity contribution in [1.82, 2.24) is 4.98 Å². The number of hydrogen-bond donors (Lipinski definition) is 1. The molecule has 1 heterocycles. The second-order valence-corrected chi connectivity index (χ2v) is 11.1. The van der Waals surface area contributed by atoms with Crippen LogP contribution in [-0.4, -0.2) is 23.3 Å². The maximum absolute atomic E-state index is 13.9. The Morgan fingerprint density at radius 1 is 1.22 bits per heavy atom. The third-order valence-electron chi connectivity index (χ3n) is 8.35. The van der Waals surface area contributed by atoms with Crippen molar-refractivity contribution in [1.29, 1.82) is 0 Å². The number of aryl methyl sites for hydroxylation is 1. The SMILES string of the molecule is CC(C)(CO)COc1ccc2c(c1)CCC1C2CCC2(C)C(c3cncc(F)c3)=CCC12. The largest absolute Gasteiger partial charge is 0.493 e. The van der Waals surface area contributed by atoms with Gasteiger partial charge in [0.15, 0.2) is 0 Å². The minimum absolute atomic E-state index is 0.104. The summed E-state index contributed by atoms with van der Waals surface area (Å²) < 4.78 is 19.9. The summed E-state index contributed by atoms with van der Waals surface area (Å²) in [6, 6.07) is 8.27. The molecule has 1 aromatic carbocycles. The Kier molecular flexibility index (Phi) is 5.40. The summed E-state index contributed by atoms with van der Waals surface area (Å²) in [4.78, 5) is 4.11. The van der Waals surface area contributed by atoms with Gasteiger partial charge in [0.1, 0.15) is 11.6 Å². The molecule has 4 atom stereocenters. The Bertz CT molecular complexity index is 1050. The summed E-state index contributed by atoms with van der Waals surface area (Å²) in [6.45, 7) is 7.05. The van der Waals surface area contributed by atoms with Crippen molar-refractivity contribution >= 4 is 5.57 Å². The molecule has 0 bridgehead atoms. The Hall–Kier alpha value is -2.20. The minimum atomic E-state index is -0.254. The summed E-state index contributed by atoms with van der Waals surface area (Å²) >= 11 is 0. The van der Waals surface area contributed by atoms with E-state index in [2.05, 4.69) is 36.2 Å². The first-order valence-electron chi connectivity index (χ1n) is 12.0. The first kappa shape index (κ1) is 21.6. The van der Waals surface area contributed by atoms with Gasteiger partial charge in [0.2, 0.25) is 0 Å². The topological polar surface area (TPSA) is 42.4 Å². The van der Waals surface area contributed by atoms with Gasteiger partial charge in [-0.2, -0.15) is 0 Å². The van der Waals surface area contributed by atoms with Gasteiger partial charge in [0.25, 0.3) is 0 Å². The molecule has 0 spiro atoms. The molecule has 32 heavy (non-hydrogen) atoms. The van der Waals surface area contributed by atoms with Gasteiger partial charge in [-0.1, -0.05) is 32.9 Å². The lowest BCUT2D eigenvalue weighted by Gasteiger charge is -2.50. The molecule has 0 radical (unpaired) electrons. The predicted octanol–water partition coefficient (Wildman–Crippen LogP) is 6.17. The molecular weight excluding hydrogens is 401 g/mol. The second kappa shape index (κ2) is 7.98. The summed E-state index contributed by atoms with van der Waals surface area (Å²) in [5, 5.41) is 9.49. The fourth-order valence-corrected chi connectivity index (χ4v) is 6.55. The van der Waals surface area contributed by atoms with E-state index in [0.29, 0.717) is 24.4 Å². The highest BCUT2D eigenvalue weighted by molar-refractivity contribution is 5.72. The van der Waals surface area contributed by atoms with Gasteiger partial charge in [0, 0.05) is 11.6 Å². The molecule has 170 valence electrons. The van der Waals surface area contributed by atoms with E-state index >= 15 is 0 Å². The lowest BCUT2D eigenvalue weighted by atomic mass is 9.54. The van der Waals surface area contributed by atoms with Crippen molar-refractivity contribution in [2.45, 2.75) is 58.8 Å². The van der Waals surface area contributed by atoms with E-state index in [1.165, 1.54) is 35.7 Å². The van der Waals surface area contributed by atoms with E-state index in [4.69, 9.17) is 4.74 Å². The highest BCUT2D eigenvalue weighted by Crippen LogP contribution is 2.63. The third kappa shape index (κ3) is 3.67. The predicted molar refractivity (Wildman–Crippen MR) is 125 cm³/mol. The number of aromatic nitrogens is 1. The van der Waals surface area contributed by atoms with Crippen LogP contribution in [0, 0.1) is 28.5 Å². The van der Waals surface area contributed by atoms with Gasteiger partial charge in [-0.15, -0.1) is 0 Å². The molecule has 0 aliphatic heterocycles. The molecule has 0 saturated heterocycles. The number of ether oxygens (including phenoxy) is 1. The van der Waals surface area contributed by atoms with Gasteiger partial charge in [-0.25, -0.2) is 4.39 Å². The molecular formula is C28H34FNO2. The summed E-state index contributed by atoms with van der Waals surface area (Å²) in [5.74, 6) is 2.52. The van der Waals surface area contributed by atoms with E-state index < -0.39 is 0 Å². The first-order chi connectivity index (χ1) is 15.3. The normalized spacial score (nSPS) is 29.0. The average molecular weight is 436 g/mol. The zero-order valence-electron chi connectivity index (χ0n) is 19.4. The molecule has 2 aromatic rings. The van der Waals surface area contributed by atoms with Crippen LogP contribution in [-0.2, 0) is 6.42 Å². The van der Waals surface area contributed by atoms with Crippen molar-refractivity contribution in [3.8, 4) is 5.75 Å². The van der Waals surface area contributed by atoms with Gasteiger partial charge in [0.05, 0.1) is 19.4 Å². The highest BCUT2D eigenvalue weighted by Gasteiger charge is 2.52. The van der Waals surface area contributed by atoms with Crippen molar-refractivity contribution in [2.24, 2.45) is 22.7 Å². The van der Waals surface area contributed by atoms with Gasteiger partial charge < -0.3 is 9.84 Å². The quantitative estimate of drug-likeness (QED) is 0.611. The maximum Gasteiger partial charge on any atom is 0.142 e. The number of aliphatic hydroxyl groups is 1. The molecule has 3 nitrogen and oxygen atoms in total. The van der Waals surface area contributed by atoms with Crippen LogP contribution in [0.25, 0.3) is 5.57 Å². The number of pyridine rings is 1. The van der Waals surface area contributed by atoms with Crippen LogP contribution < -0.4 is 4.74 Å². The number of fused-ring (bicyclic) bond motifs is 5. The molecule has 0 amide bonds. The van der Waals surface area contributed by atoms with E-state index in [1.54, 1.807) is 6.07 Å². The Morgan fingerprint density at radius 3 is 2.84 bits per heavy atom. The zero-order valence-corrected chi connectivity index (χ0v) is 19.4. The number of rotatable bonds is 5. The van der Waals surface area contributed by atoms with Crippen molar-refractivity contribution < 1.29 is 14.2 Å². The number of hydrogen-bond acceptors (Lipinski definition) is 3. The molecule has 4 heteroatoms. The minimum Gasteiger partial charge on any atom is -0.493 e. The molecule has 1 aromatic heterocycles. The van der Waals surface area contributed by atoms with Gasteiger partial charge in [-0.05, 0) is 95.7 Å². The van der Waals surface area contributed by atoms with Crippen LogP contribution in [0.5, 0.6) is 5.75 Å². The van der Waals surface area contributed by atoms with Crippen LogP contribution in [0.4, 0.5) is 4.39 Å². The Morgan fingerprint density at radius 2 is 2.06 bits per heavy atom. The van der Waals surface area contributed by atoms with Crippen molar-refractivity contribution in [2.75, 3.05) is 13.2 Å². The fourth-order valence-electron chi connectivity index (χ4n) is 6.55. The Balaban J connectivity index is 1.36. The second-order valence-electron chi connectivity index (χ2n) is 11.1. The van der Waals surface area contributed by atoms with E-state index in [0.717, 1.165) is 30.6 Å². The number of benzene rings is 1. The number of halogens is 1. The van der Waals surface area contributed by atoms with Crippen molar-refractivity contribution in [3.05, 3.63) is 65.2 Å². The number of allylic oxidation sites excluding steroid dienone is 2. The summed E-state index contributed by atoms with van der Waals surface area (Å²) in [5.41, 5.74) is 5.05. The van der Waals surface area contributed by atoms with E-state index in [-0.39, 0.29) is 23.3 Å². The van der Waals surface area contributed by atoms with E-state index in [1.807, 2.05) is 20.0 Å². The van der Waals surface area contributed by atoms with Crippen molar-refractivity contribution in [3.63, 3.8) is 0 Å². The molecule has 1 N–H and O–H groups in total. The molecule has 4 unspecified atom stereocenters. The van der Waals surface area contributed by atoms with Gasteiger partial charge >= 0.3 is 0 Å². The van der Waals surface area contributed by atoms with Crippen LogP contribution >= 0.6 is 0 Å². The molecule has 5 rings (SSSR count). The van der Waals surface area contributed by atoms with Crippen LogP contribution in [0.3, 0.4) is 0 Å². The standard InChI is InChI=1S/C28H34FNO2/c1-27(2,16-31)17-32-21-5-7-22-18(13-21)4-6-24-23(22)10-11-28(3)25(8-9-26(24)28)19-12-20(29)15-30-14-19/h5,7-8,12-15,23-24,26,31H,4,6,9-11,16-17H2,1-3H3. The lowest BCUT2D eigenvalue weighted by molar-refractivity contribution is 0.0878. The molecule has 3 aliphatic rings.